The maximum Gasteiger partial charge on any atom is 0.262 e. The van der Waals surface area contributed by atoms with Crippen molar-refractivity contribution in [3.8, 4) is 0 Å². The first-order valence-corrected chi connectivity index (χ1v) is 13.0. The summed E-state index contributed by atoms with van der Waals surface area (Å²) < 4.78 is 13.6. The summed E-state index contributed by atoms with van der Waals surface area (Å²) in [6.07, 6.45) is 0.591. The van der Waals surface area contributed by atoms with Crippen LogP contribution in [-0.4, -0.2) is 33.0 Å². The van der Waals surface area contributed by atoms with E-state index in [-0.39, 0.29) is 30.1 Å². The van der Waals surface area contributed by atoms with Crippen LogP contribution in [0.5, 0.6) is 0 Å². The molecule has 188 valence electrons. The van der Waals surface area contributed by atoms with E-state index in [1.807, 2.05) is 63.2 Å². The molecule has 8 heteroatoms. The summed E-state index contributed by atoms with van der Waals surface area (Å²) in [4.78, 5) is 29.8. The lowest BCUT2D eigenvalue weighted by molar-refractivity contribution is -0.121. The fourth-order valence-corrected chi connectivity index (χ4v) is 5.54. The predicted octanol–water partition coefficient (Wildman–Crippen LogP) is 5.93. The van der Waals surface area contributed by atoms with Crippen molar-refractivity contribution in [2.24, 2.45) is 10.1 Å². The van der Waals surface area contributed by atoms with Crippen LogP contribution in [0.1, 0.15) is 46.7 Å². The summed E-state index contributed by atoms with van der Waals surface area (Å²) in [7, 11) is 0. The molecule has 0 bridgehead atoms. The fraction of sp³-hybridized carbons (Fsp3) is 0.241. The topological polar surface area (TPSA) is 74.1 Å². The Bertz CT molecular complexity index is 1420. The molecule has 2 atom stereocenters. The SMILES string of the molecule is Cc1ccc(C2=NN(C3=NC(=O)[C@@H](CC(=O)Nc4ccc(C)cc4C)S3)[C@@H](c3ccc(F)cc3)C2)cc1. The van der Waals surface area contributed by atoms with Gasteiger partial charge >= 0.3 is 0 Å². The van der Waals surface area contributed by atoms with Gasteiger partial charge in [-0.25, -0.2) is 9.40 Å². The molecule has 5 rings (SSSR count). The normalized spacial score (nSPS) is 19.1. The minimum absolute atomic E-state index is 0.00735. The zero-order chi connectivity index (χ0) is 26.1. The molecule has 1 N–H and O–H groups in total. The second kappa shape index (κ2) is 10.3. The van der Waals surface area contributed by atoms with E-state index in [0.717, 1.165) is 39.2 Å². The highest BCUT2D eigenvalue weighted by Gasteiger charge is 2.39. The third-order valence-corrected chi connectivity index (χ3v) is 7.64. The largest absolute Gasteiger partial charge is 0.326 e. The van der Waals surface area contributed by atoms with Gasteiger partial charge in [-0.05, 0) is 55.7 Å². The molecule has 0 saturated carbocycles. The number of nitrogens with zero attached hydrogens (tertiary/aromatic N) is 3. The Labute approximate surface area is 219 Å². The summed E-state index contributed by atoms with van der Waals surface area (Å²) in [5.41, 5.74) is 6.68. The van der Waals surface area contributed by atoms with Gasteiger partial charge in [0.1, 0.15) is 11.1 Å². The molecule has 2 heterocycles. The van der Waals surface area contributed by atoms with Crippen molar-refractivity contribution in [3.05, 3.63) is 100 Å². The predicted molar refractivity (Wildman–Crippen MR) is 146 cm³/mol. The highest BCUT2D eigenvalue weighted by Crippen LogP contribution is 2.38. The molecule has 0 aliphatic carbocycles. The van der Waals surface area contributed by atoms with Gasteiger partial charge in [-0.3, -0.25) is 9.59 Å². The van der Waals surface area contributed by atoms with E-state index in [0.29, 0.717) is 11.6 Å². The Hall–Kier alpha value is -3.78. The average molecular weight is 515 g/mol. The van der Waals surface area contributed by atoms with E-state index in [1.165, 1.54) is 23.9 Å². The number of hydrogen-bond acceptors (Lipinski definition) is 5. The van der Waals surface area contributed by atoms with Crippen LogP contribution in [0.4, 0.5) is 10.1 Å². The minimum atomic E-state index is -0.631. The molecule has 0 unspecified atom stereocenters. The quantitative estimate of drug-likeness (QED) is 0.458. The first-order valence-electron chi connectivity index (χ1n) is 12.1. The Morgan fingerprint density at radius 3 is 2.43 bits per heavy atom. The number of aliphatic imine (C=N–C) groups is 1. The molecule has 0 aromatic heterocycles. The van der Waals surface area contributed by atoms with Crippen LogP contribution in [0, 0.1) is 26.6 Å². The van der Waals surface area contributed by atoms with Crippen LogP contribution in [0.15, 0.2) is 76.8 Å². The fourth-order valence-electron chi connectivity index (χ4n) is 4.48. The molecule has 0 spiro atoms. The molecule has 2 amide bonds. The highest BCUT2D eigenvalue weighted by atomic mass is 32.2. The van der Waals surface area contributed by atoms with Crippen molar-refractivity contribution in [1.82, 2.24) is 5.01 Å². The van der Waals surface area contributed by atoms with Crippen LogP contribution in [0.25, 0.3) is 0 Å². The first kappa shape index (κ1) is 24.9. The molecular formula is C29H27FN4O2S. The van der Waals surface area contributed by atoms with Crippen molar-refractivity contribution in [3.63, 3.8) is 0 Å². The maximum absolute atomic E-state index is 13.6. The van der Waals surface area contributed by atoms with Gasteiger partial charge in [0.2, 0.25) is 5.91 Å². The summed E-state index contributed by atoms with van der Waals surface area (Å²) in [5, 5.41) is 9.31. The second-order valence-corrected chi connectivity index (χ2v) is 10.6. The number of aryl methyl sites for hydroxylation is 3. The van der Waals surface area contributed by atoms with E-state index in [1.54, 1.807) is 17.1 Å². The van der Waals surface area contributed by atoms with E-state index < -0.39 is 5.25 Å². The van der Waals surface area contributed by atoms with Gasteiger partial charge in [0.05, 0.1) is 11.8 Å². The smallest absolute Gasteiger partial charge is 0.262 e. The summed E-state index contributed by atoms with van der Waals surface area (Å²) in [6, 6.07) is 20.0. The molecule has 6 nitrogen and oxygen atoms in total. The van der Waals surface area contributed by atoms with Crippen LogP contribution in [-0.2, 0) is 9.59 Å². The molecule has 0 saturated heterocycles. The van der Waals surface area contributed by atoms with Crippen LogP contribution < -0.4 is 5.32 Å². The third kappa shape index (κ3) is 5.49. The number of nitrogens with one attached hydrogen (secondary N) is 1. The minimum Gasteiger partial charge on any atom is -0.326 e. The molecule has 0 fully saturated rings. The first-order chi connectivity index (χ1) is 17.8. The van der Waals surface area contributed by atoms with Crippen LogP contribution in [0.3, 0.4) is 0 Å². The number of benzene rings is 3. The number of amides is 2. The number of carbonyl (C=O) groups excluding carboxylic acids is 2. The van der Waals surface area contributed by atoms with Crippen molar-refractivity contribution in [2.45, 2.75) is 44.9 Å². The molecule has 0 radical (unpaired) electrons. The van der Waals surface area contributed by atoms with E-state index >= 15 is 0 Å². The number of carbonyl (C=O) groups is 2. The number of hydrogen-bond donors (Lipinski definition) is 1. The lowest BCUT2D eigenvalue weighted by Crippen LogP contribution is -2.25. The van der Waals surface area contributed by atoms with Gasteiger partial charge in [0, 0.05) is 18.5 Å². The standard InChI is InChI=1S/C29H27FN4O2S/c1-17-4-7-20(8-5-17)24-15-25(21-9-11-22(30)12-10-21)34(33-24)29-32-28(36)26(37-29)16-27(35)31-23-13-6-18(2)14-19(23)3/h4-14,25-26H,15-16H2,1-3H3,(H,31,35)/t25-,26-/m1/s1. The van der Waals surface area contributed by atoms with Crippen molar-refractivity contribution < 1.29 is 14.0 Å². The van der Waals surface area contributed by atoms with Gasteiger partial charge in [-0.15, -0.1) is 0 Å². The number of halogens is 1. The zero-order valence-electron chi connectivity index (χ0n) is 20.9. The molecular weight excluding hydrogens is 487 g/mol. The Balaban J connectivity index is 1.35. The van der Waals surface area contributed by atoms with Crippen molar-refractivity contribution in [1.29, 1.82) is 0 Å². The van der Waals surface area contributed by atoms with Gasteiger partial charge in [0.15, 0.2) is 5.17 Å². The summed E-state index contributed by atoms with van der Waals surface area (Å²) >= 11 is 1.25. The van der Waals surface area contributed by atoms with Gasteiger partial charge in [-0.2, -0.15) is 10.1 Å². The maximum atomic E-state index is 13.6. The lowest BCUT2D eigenvalue weighted by Gasteiger charge is -2.23. The summed E-state index contributed by atoms with van der Waals surface area (Å²) in [5.74, 6) is -0.909. The molecule has 3 aromatic carbocycles. The van der Waals surface area contributed by atoms with Gasteiger partial charge in [-0.1, -0.05) is 71.4 Å². The Morgan fingerprint density at radius 2 is 1.73 bits per heavy atom. The monoisotopic (exact) mass is 514 g/mol. The zero-order valence-corrected chi connectivity index (χ0v) is 21.7. The molecule has 37 heavy (non-hydrogen) atoms. The summed E-state index contributed by atoms with van der Waals surface area (Å²) in [6.45, 7) is 5.96. The average Bonchev–Trinajstić information content (AvgIpc) is 3.46. The molecule has 2 aliphatic heterocycles. The van der Waals surface area contributed by atoms with E-state index in [9.17, 15) is 14.0 Å². The number of hydrazone groups is 1. The van der Waals surface area contributed by atoms with Crippen LogP contribution >= 0.6 is 11.8 Å². The van der Waals surface area contributed by atoms with E-state index in [2.05, 4.69) is 10.3 Å². The third-order valence-electron chi connectivity index (χ3n) is 6.50. The number of thioether (sulfide) groups is 1. The van der Waals surface area contributed by atoms with Crippen molar-refractivity contribution >= 4 is 40.1 Å². The number of amidine groups is 1. The van der Waals surface area contributed by atoms with Crippen LogP contribution in [0.2, 0.25) is 0 Å². The molecule has 3 aromatic rings. The molecule has 2 aliphatic rings. The highest BCUT2D eigenvalue weighted by molar-refractivity contribution is 8.15. The Kier molecular flexibility index (Phi) is 6.93. The van der Waals surface area contributed by atoms with E-state index in [4.69, 9.17) is 5.10 Å². The number of rotatable bonds is 5. The number of anilines is 1. The second-order valence-electron chi connectivity index (χ2n) is 9.44. The van der Waals surface area contributed by atoms with Crippen molar-refractivity contribution in [2.75, 3.05) is 5.32 Å². The Morgan fingerprint density at radius 1 is 1.03 bits per heavy atom. The van der Waals surface area contributed by atoms with Gasteiger partial charge < -0.3 is 5.32 Å². The van der Waals surface area contributed by atoms with Gasteiger partial charge in [0.25, 0.3) is 5.91 Å². The lowest BCUT2D eigenvalue weighted by atomic mass is 9.98.